The first-order valence-electron chi connectivity index (χ1n) is 6.67. The monoisotopic (exact) mass is 320 g/mol. The highest BCUT2D eigenvalue weighted by Gasteiger charge is 2.44. The summed E-state index contributed by atoms with van der Waals surface area (Å²) in [7, 11) is -3.18. The molecule has 0 saturated carbocycles. The van der Waals surface area contributed by atoms with Crippen LogP contribution in [0.2, 0.25) is 0 Å². The number of halogens is 2. The van der Waals surface area contributed by atoms with E-state index in [4.69, 9.17) is 0 Å². The predicted molar refractivity (Wildman–Crippen MR) is 73.4 cm³/mol. The summed E-state index contributed by atoms with van der Waals surface area (Å²) < 4.78 is 49.7. The van der Waals surface area contributed by atoms with Crippen LogP contribution >= 0.6 is 0 Å². The molecule has 0 amide bonds. The van der Waals surface area contributed by atoms with Gasteiger partial charge in [0.1, 0.15) is 11.6 Å². The van der Waals surface area contributed by atoms with Crippen LogP contribution in [0.5, 0.6) is 0 Å². The van der Waals surface area contributed by atoms with Crippen molar-refractivity contribution < 1.29 is 27.4 Å². The first-order chi connectivity index (χ1) is 9.80. The largest absolute Gasteiger partial charge is 0.396 e. The van der Waals surface area contributed by atoms with E-state index in [1.165, 1.54) is 0 Å². The van der Waals surface area contributed by atoms with E-state index in [2.05, 4.69) is 0 Å². The van der Waals surface area contributed by atoms with Gasteiger partial charge in [-0.1, -0.05) is 0 Å². The maximum atomic E-state index is 13.3. The van der Waals surface area contributed by atoms with Crippen molar-refractivity contribution in [3.05, 3.63) is 35.4 Å². The Balaban J connectivity index is 2.30. The molecule has 1 heterocycles. The number of sulfone groups is 1. The molecule has 1 aliphatic rings. The summed E-state index contributed by atoms with van der Waals surface area (Å²) >= 11 is 0. The number of benzene rings is 1. The minimum absolute atomic E-state index is 0.0108. The second kappa shape index (κ2) is 5.98. The fraction of sp³-hybridized carbons (Fsp3) is 0.571. The van der Waals surface area contributed by atoms with Gasteiger partial charge in [0.25, 0.3) is 0 Å². The van der Waals surface area contributed by atoms with Crippen LogP contribution in [0.1, 0.15) is 12.0 Å². The highest BCUT2D eigenvalue weighted by atomic mass is 32.2. The molecule has 0 aromatic heterocycles. The van der Waals surface area contributed by atoms with Gasteiger partial charge in [-0.2, -0.15) is 0 Å². The Bertz CT molecular complexity index is 591. The summed E-state index contributed by atoms with van der Waals surface area (Å²) in [5.74, 6) is -2.02. The van der Waals surface area contributed by atoms with Gasteiger partial charge in [-0.05, 0) is 36.5 Å². The molecule has 4 nitrogen and oxygen atoms in total. The standard InChI is InChI=1S/C14H18F2O4S/c15-12-3-10(4-13(16)5-12)6-14(8-17,9-18)11-1-2-21(19,20)7-11/h3-5,11,17-18H,1-2,6-9H2. The predicted octanol–water partition coefficient (Wildman–Crippen LogP) is 0.913. The van der Waals surface area contributed by atoms with Crippen molar-refractivity contribution >= 4 is 9.84 Å². The smallest absolute Gasteiger partial charge is 0.150 e. The lowest BCUT2D eigenvalue weighted by atomic mass is 9.72. The average molecular weight is 320 g/mol. The number of hydrogen-bond acceptors (Lipinski definition) is 4. The van der Waals surface area contributed by atoms with Gasteiger partial charge in [0.05, 0.1) is 24.7 Å². The van der Waals surface area contributed by atoms with Gasteiger partial charge >= 0.3 is 0 Å². The lowest BCUT2D eigenvalue weighted by Gasteiger charge is -2.35. The molecule has 1 atom stereocenters. The number of aliphatic hydroxyl groups excluding tert-OH is 2. The molecule has 0 aliphatic carbocycles. The molecule has 0 radical (unpaired) electrons. The Labute approximate surface area is 122 Å². The summed E-state index contributed by atoms with van der Waals surface area (Å²) in [5, 5.41) is 19.3. The molecule has 2 N–H and O–H groups in total. The normalized spacial score (nSPS) is 21.6. The summed E-state index contributed by atoms with van der Waals surface area (Å²) in [6.07, 6.45) is 0.357. The number of rotatable bonds is 5. The van der Waals surface area contributed by atoms with E-state index in [0.29, 0.717) is 12.0 Å². The van der Waals surface area contributed by atoms with Crippen LogP contribution < -0.4 is 0 Å². The van der Waals surface area contributed by atoms with Gasteiger partial charge < -0.3 is 10.2 Å². The Kier molecular flexibility index (Phi) is 4.65. The van der Waals surface area contributed by atoms with Crippen molar-refractivity contribution in [2.24, 2.45) is 11.3 Å². The van der Waals surface area contributed by atoms with Crippen LogP contribution in [0.3, 0.4) is 0 Å². The molecule has 1 aromatic carbocycles. The molecule has 21 heavy (non-hydrogen) atoms. The minimum atomic E-state index is -3.18. The molecule has 1 aliphatic heterocycles. The molecule has 1 aromatic rings. The molecular weight excluding hydrogens is 302 g/mol. The second-order valence-electron chi connectivity index (χ2n) is 5.73. The lowest BCUT2D eigenvalue weighted by Crippen LogP contribution is -2.41. The van der Waals surface area contributed by atoms with Crippen LogP contribution in [-0.2, 0) is 16.3 Å². The first-order valence-corrected chi connectivity index (χ1v) is 8.49. The molecule has 2 rings (SSSR count). The van der Waals surface area contributed by atoms with Crippen LogP contribution in [0, 0.1) is 23.0 Å². The highest BCUT2D eigenvalue weighted by Crippen LogP contribution is 2.38. The molecule has 1 saturated heterocycles. The third-order valence-electron chi connectivity index (χ3n) is 4.21. The number of aliphatic hydroxyl groups is 2. The topological polar surface area (TPSA) is 74.6 Å². The fourth-order valence-electron chi connectivity index (χ4n) is 2.96. The van der Waals surface area contributed by atoms with E-state index in [1.54, 1.807) is 0 Å². The average Bonchev–Trinajstić information content (AvgIpc) is 2.76. The minimum Gasteiger partial charge on any atom is -0.396 e. The Morgan fingerprint density at radius 3 is 2.14 bits per heavy atom. The summed E-state index contributed by atoms with van der Waals surface area (Å²) in [4.78, 5) is 0. The summed E-state index contributed by atoms with van der Waals surface area (Å²) in [5.41, 5.74) is -0.802. The number of hydrogen-bond donors (Lipinski definition) is 2. The second-order valence-corrected chi connectivity index (χ2v) is 7.96. The molecule has 7 heteroatoms. The van der Waals surface area contributed by atoms with Gasteiger partial charge in [0.2, 0.25) is 0 Å². The molecule has 1 unspecified atom stereocenters. The molecule has 0 bridgehead atoms. The zero-order chi connectivity index (χ0) is 15.7. The van der Waals surface area contributed by atoms with E-state index in [1.807, 2.05) is 0 Å². The van der Waals surface area contributed by atoms with Gasteiger partial charge in [0.15, 0.2) is 9.84 Å². The molecule has 0 spiro atoms. The maximum absolute atomic E-state index is 13.3. The van der Waals surface area contributed by atoms with Crippen molar-refractivity contribution in [3.63, 3.8) is 0 Å². The molecule has 1 fully saturated rings. The van der Waals surface area contributed by atoms with Gasteiger partial charge in [-0.15, -0.1) is 0 Å². The van der Waals surface area contributed by atoms with Gasteiger partial charge in [-0.25, -0.2) is 17.2 Å². The Morgan fingerprint density at radius 1 is 1.14 bits per heavy atom. The van der Waals surface area contributed by atoms with E-state index < -0.39 is 46.0 Å². The fourth-order valence-corrected chi connectivity index (χ4v) is 4.91. The van der Waals surface area contributed by atoms with Crippen LogP contribution in [0.25, 0.3) is 0 Å². The third-order valence-corrected chi connectivity index (χ3v) is 5.97. The SMILES string of the molecule is O=S1(=O)CCC(C(CO)(CO)Cc2cc(F)cc(F)c2)C1. The Morgan fingerprint density at radius 2 is 1.71 bits per heavy atom. The van der Waals surface area contributed by atoms with Crippen molar-refractivity contribution in [2.45, 2.75) is 12.8 Å². The molecule has 118 valence electrons. The third kappa shape index (κ3) is 3.59. The van der Waals surface area contributed by atoms with Gasteiger partial charge in [0, 0.05) is 11.5 Å². The zero-order valence-corrected chi connectivity index (χ0v) is 12.2. The highest BCUT2D eigenvalue weighted by molar-refractivity contribution is 7.91. The maximum Gasteiger partial charge on any atom is 0.150 e. The lowest BCUT2D eigenvalue weighted by molar-refractivity contribution is 0.0123. The molecular formula is C14H18F2O4S. The van der Waals surface area contributed by atoms with E-state index in [-0.39, 0.29) is 17.9 Å². The first kappa shape index (κ1) is 16.3. The van der Waals surface area contributed by atoms with Crippen molar-refractivity contribution in [1.82, 2.24) is 0 Å². The van der Waals surface area contributed by atoms with Crippen LogP contribution in [-0.4, -0.2) is 43.4 Å². The Hall–Kier alpha value is -1.05. The van der Waals surface area contributed by atoms with Crippen LogP contribution in [0.4, 0.5) is 8.78 Å². The van der Waals surface area contributed by atoms with Gasteiger partial charge in [-0.3, -0.25) is 0 Å². The van der Waals surface area contributed by atoms with Crippen molar-refractivity contribution in [3.8, 4) is 0 Å². The summed E-state index contributed by atoms with van der Waals surface area (Å²) in [6.45, 7) is -0.885. The quantitative estimate of drug-likeness (QED) is 0.846. The zero-order valence-electron chi connectivity index (χ0n) is 11.4. The van der Waals surface area contributed by atoms with Crippen molar-refractivity contribution in [2.75, 3.05) is 24.7 Å². The van der Waals surface area contributed by atoms with E-state index in [9.17, 15) is 27.4 Å². The van der Waals surface area contributed by atoms with Crippen LogP contribution in [0.15, 0.2) is 18.2 Å². The van der Waals surface area contributed by atoms with Crippen molar-refractivity contribution in [1.29, 1.82) is 0 Å². The summed E-state index contributed by atoms with van der Waals surface area (Å²) in [6, 6.07) is 3.00. The van der Waals surface area contributed by atoms with E-state index in [0.717, 1.165) is 18.2 Å². The van der Waals surface area contributed by atoms with E-state index >= 15 is 0 Å².